The first-order valence-corrected chi connectivity index (χ1v) is 5.04. The van der Waals surface area contributed by atoms with Gasteiger partial charge < -0.3 is 0 Å². The molecular weight excluding hydrogens is 203 g/mol. The number of halogens is 1. The molecule has 0 saturated carbocycles. The lowest BCUT2D eigenvalue weighted by Crippen LogP contribution is -1.91. The summed E-state index contributed by atoms with van der Waals surface area (Å²) in [5.74, 6) is -0.260. The van der Waals surface area contributed by atoms with Crippen molar-refractivity contribution in [3.8, 4) is 11.1 Å². The summed E-state index contributed by atoms with van der Waals surface area (Å²) in [5, 5.41) is 0. The van der Waals surface area contributed by atoms with Gasteiger partial charge in [-0.05, 0) is 36.2 Å². The van der Waals surface area contributed by atoms with Gasteiger partial charge in [-0.25, -0.2) is 4.39 Å². The highest BCUT2D eigenvalue weighted by Gasteiger charge is 2.03. The van der Waals surface area contributed by atoms with Crippen molar-refractivity contribution in [2.24, 2.45) is 0 Å². The molecule has 0 fully saturated rings. The number of hydrogen-bond acceptors (Lipinski definition) is 1. The molecule has 2 aromatic rings. The molecule has 0 bridgehead atoms. The van der Waals surface area contributed by atoms with Crippen LogP contribution in [0.1, 0.15) is 17.3 Å². The number of carbonyl (C=O) groups excluding carboxylic acids is 1. The predicted octanol–water partition coefficient (Wildman–Crippen LogP) is 3.70. The van der Waals surface area contributed by atoms with Gasteiger partial charge in [-0.2, -0.15) is 0 Å². The Kier molecular flexibility index (Phi) is 2.82. The molecule has 0 radical (unpaired) electrons. The van der Waals surface area contributed by atoms with Crippen molar-refractivity contribution in [2.75, 3.05) is 0 Å². The van der Waals surface area contributed by atoms with E-state index in [1.165, 1.54) is 19.1 Å². The Hall–Kier alpha value is -1.96. The quantitative estimate of drug-likeness (QED) is 0.697. The van der Waals surface area contributed by atoms with Crippen molar-refractivity contribution in [1.29, 1.82) is 0 Å². The second kappa shape index (κ2) is 4.27. The Morgan fingerprint density at radius 2 is 1.62 bits per heavy atom. The number of rotatable bonds is 2. The zero-order chi connectivity index (χ0) is 11.5. The molecule has 0 aliphatic carbocycles. The molecule has 2 aromatic carbocycles. The van der Waals surface area contributed by atoms with Crippen molar-refractivity contribution in [1.82, 2.24) is 0 Å². The molecule has 80 valence electrons. The molecule has 0 amide bonds. The first-order chi connectivity index (χ1) is 7.66. The molecule has 0 atom stereocenters. The van der Waals surface area contributed by atoms with E-state index in [0.29, 0.717) is 5.56 Å². The van der Waals surface area contributed by atoms with Crippen molar-refractivity contribution >= 4 is 5.78 Å². The van der Waals surface area contributed by atoms with Crippen LogP contribution in [-0.2, 0) is 0 Å². The molecule has 0 N–H and O–H groups in total. The predicted molar refractivity (Wildman–Crippen MR) is 61.8 cm³/mol. The summed E-state index contributed by atoms with van der Waals surface area (Å²) in [4.78, 5) is 11.2. The summed E-state index contributed by atoms with van der Waals surface area (Å²) in [7, 11) is 0. The Morgan fingerprint density at radius 3 is 2.25 bits per heavy atom. The zero-order valence-corrected chi connectivity index (χ0v) is 8.91. The van der Waals surface area contributed by atoms with Crippen molar-refractivity contribution in [3.05, 3.63) is 59.9 Å². The van der Waals surface area contributed by atoms with Crippen LogP contribution < -0.4 is 0 Å². The number of carbonyl (C=O) groups is 1. The molecule has 2 heteroatoms. The lowest BCUT2D eigenvalue weighted by molar-refractivity contribution is 0.101. The van der Waals surface area contributed by atoms with Gasteiger partial charge >= 0.3 is 0 Å². The first kappa shape index (κ1) is 10.6. The fourth-order valence-electron chi connectivity index (χ4n) is 1.59. The molecule has 0 spiro atoms. The van der Waals surface area contributed by atoms with E-state index >= 15 is 0 Å². The van der Waals surface area contributed by atoms with Gasteiger partial charge in [0.1, 0.15) is 5.82 Å². The van der Waals surface area contributed by atoms with Gasteiger partial charge in [0.15, 0.2) is 5.78 Å². The van der Waals surface area contributed by atoms with Gasteiger partial charge in [0.05, 0.1) is 0 Å². The molecule has 0 saturated heterocycles. The lowest BCUT2D eigenvalue weighted by Gasteiger charge is -2.03. The van der Waals surface area contributed by atoms with Crippen LogP contribution in [0.3, 0.4) is 0 Å². The third-order valence-corrected chi connectivity index (χ3v) is 2.43. The van der Waals surface area contributed by atoms with E-state index in [4.69, 9.17) is 0 Å². The third kappa shape index (κ3) is 2.16. The Bertz CT molecular complexity index is 532. The van der Waals surface area contributed by atoms with Crippen LogP contribution >= 0.6 is 0 Å². The Balaban J connectivity index is 2.48. The number of benzene rings is 2. The van der Waals surface area contributed by atoms with E-state index in [2.05, 4.69) is 0 Å². The molecule has 1 nitrogen and oxygen atoms in total. The van der Waals surface area contributed by atoms with Gasteiger partial charge in [0.25, 0.3) is 0 Å². The maximum atomic E-state index is 13.0. The van der Waals surface area contributed by atoms with Gasteiger partial charge in [0.2, 0.25) is 0 Å². The standard InChI is InChI=1S/C14H11FO/c1-10(16)11-4-2-5-12(8-11)13-6-3-7-14(15)9-13/h2-9H,1H3. The van der Waals surface area contributed by atoms with Crippen LogP contribution in [-0.4, -0.2) is 5.78 Å². The molecule has 0 aromatic heterocycles. The normalized spacial score (nSPS) is 10.1. The molecule has 0 aliphatic heterocycles. The molecule has 0 unspecified atom stereocenters. The largest absolute Gasteiger partial charge is 0.295 e. The van der Waals surface area contributed by atoms with E-state index in [1.807, 2.05) is 12.1 Å². The van der Waals surface area contributed by atoms with Crippen molar-refractivity contribution in [3.63, 3.8) is 0 Å². The van der Waals surface area contributed by atoms with Gasteiger partial charge in [0, 0.05) is 5.56 Å². The molecule has 0 heterocycles. The molecular formula is C14H11FO. The van der Waals surface area contributed by atoms with Crippen LogP contribution in [0.5, 0.6) is 0 Å². The lowest BCUT2D eigenvalue weighted by atomic mass is 10.0. The highest BCUT2D eigenvalue weighted by molar-refractivity contribution is 5.95. The second-order valence-electron chi connectivity index (χ2n) is 3.65. The third-order valence-electron chi connectivity index (χ3n) is 2.43. The van der Waals surface area contributed by atoms with E-state index in [0.717, 1.165) is 11.1 Å². The number of ketones is 1. The fourth-order valence-corrected chi connectivity index (χ4v) is 1.59. The summed E-state index contributed by atoms with van der Waals surface area (Å²) >= 11 is 0. The van der Waals surface area contributed by atoms with E-state index in [1.54, 1.807) is 24.3 Å². The zero-order valence-electron chi connectivity index (χ0n) is 8.91. The summed E-state index contributed by atoms with van der Waals surface area (Å²) < 4.78 is 13.0. The Labute approximate surface area is 93.5 Å². The minimum atomic E-state index is -0.272. The van der Waals surface area contributed by atoms with Crippen LogP contribution in [0.15, 0.2) is 48.5 Å². The minimum absolute atomic E-state index is 0.0123. The van der Waals surface area contributed by atoms with E-state index in [9.17, 15) is 9.18 Å². The molecule has 0 aliphatic rings. The number of Topliss-reactive ketones (excluding diaryl/α,β-unsaturated/α-hetero) is 1. The molecule has 2 rings (SSSR count). The second-order valence-corrected chi connectivity index (χ2v) is 3.65. The summed E-state index contributed by atoms with van der Waals surface area (Å²) in [6.45, 7) is 1.52. The summed E-state index contributed by atoms with van der Waals surface area (Å²) in [5.41, 5.74) is 2.28. The average Bonchev–Trinajstić information content (AvgIpc) is 2.29. The maximum absolute atomic E-state index is 13.0. The maximum Gasteiger partial charge on any atom is 0.159 e. The highest BCUT2D eigenvalue weighted by Crippen LogP contribution is 2.21. The van der Waals surface area contributed by atoms with Crippen LogP contribution in [0.2, 0.25) is 0 Å². The smallest absolute Gasteiger partial charge is 0.159 e. The monoisotopic (exact) mass is 214 g/mol. The molecule has 16 heavy (non-hydrogen) atoms. The van der Waals surface area contributed by atoms with Crippen LogP contribution in [0.25, 0.3) is 11.1 Å². The van der Waals surface area contributed by atoms with E-state index < -0.39 is 0 Å². The van der Waals surface area contributed by atoms with Crippen LogP contribution in [0, 0.1) is 5.82 Å². The number of hydrogen-bond donors (Lipinski definition) is 0. The van der Waals surface area contributed by atoms with Crippen molar-refractivity contribution in [2.45, 2.75) is 6.92 Å². The van der Waals surface area contributed by atoms with Gasteiger partial charge in [-0.1, -0.05) is 30.3 Å². The van der Waals surface area contributed by atoms with Crippen molar-refractivity contribution < 1.29 is 9.18 Å². The van der Waals surface area contributed by atoms with Gasteiger partial charge in [-0.15, -0.1) is 0 Å². The van der Waals surface area contributed by atoms with E-state index in [-0.39, 0.29) is 11.6 Å². The SMILES string of the molecule is CC(=O)c1cccc(-c2cccc(F)c2)c1. The fraction of sp³-hybridized carbons (Fsp3) is 0.0714. The van der Waals surface area contributed by atoms with Crippen LogP contribution in [0.4, 0.5) is 4.39 Å². The average molecular weight is 214 g/mol. The minimum Gasteiger partial charge on any atom is -0.295 e. The van der Waals surface area contributed by atoms with Gasteiger partial charge in [-0.3, -0.25) is 4.79 Å². The topological polar surface area (TPSA) is 17.1 Å². The summed E-state index contributed by atoms with van der Waals surface area (Å²) in [6, 6.07) is 13.5. The summed E-state index contributed by atoms with van der Waals surface area (Å²) in [6.07, 6.45) is 0. The highest BCUT2D eigenvalue weighted by atomic mass is 19.1. The first-order valence-electron chi connectivity index (χ1n) is 5.04. The Morgan fingerprint density at radius 1 is 1.00 bits per heavy atom.